The maximum atomic E-state index is 5.83. The molecule has 0 amide bonds. The largest absolute Gasteiger partial charge is 0.383 e. The SMILES string of the molecule is C=C(Nc1cnc(N)c(C)c1)C(=C)N1CC(C)CCC1(C)c1ccc(C)cc1. The first-order valence-corrected chi connectivity index (χ1v) is 9.93. The van der Waals surface area contributed by atoms with Crippen LogP contribution in [0.3, 0.4) is 0 Å². The summed E-state index contributed by atoms with van der Waals surface area (Å²) in [4.78, 5) is 6.65. The van der Waals surface area contributed by atoms with Gasteiger partial charge in [-0.2, -0.15) is 0 Å². The van der Waals surface area contributed by atoms with E-state index in [-0.39, 0.29) is 5.54 Å². The van der Waals surface area contributed by atoms with Crippen LogP contribution in [0.15, 0.2) is 61.1 Å². The number of benzene rings is 1. The van der Waals surface area contributed by atoms with Gasteiger partial charge in [-0.3, -0.25) is 0 Å². The number of aromatic nitrogens is 1. The highest BCUT2D eigenvalue weighted by Crippen LogP contribution is 2.42. The number of nitrogens with zero attached hydrogens (tertiary/aromatic N) is 2. The average Bonchev–Trinajstić information content (AvgIpc) is 2.66. The molecule has 1 aliphatic heterocycles. The first-order valence-electron chi connectivity index (χ1n) is 9.93. The molecule has 28 heavy (non-hydrogen) atoms. The number of nitrogens with one attached hydrogen (secondary N) is 1. The van der Waals surface area contributed by atoms with Crippen LogP contribution in [-0.2, 0) is 5.54 Å². The molecule has 1 aliphatic rings. The molecule has 1 saturated heterocycles. The molecule has 2 aromatic rings. The summed E-state index contributed by atoms with van der Waals surface area (Å²) in [5.41, 5.74) is 11.9. The first kappa shape index (κ1) is 20.0. The van der Waals surface area contributed by atoms with E-state index >= 15 is 0 Å². The topological polar surface area (TPSA) is 54.2 Å². The van der Waals surface area contributed by atoms with E-state index in [9.17, 15) is 0 Å². The quantitative estimate of drug-likeness (QED) is 0.689. The van der Waals surface area contributed by atoms with Crippen molar-refractivity contribution in [2.75, 3.05) is 17.6 Å². The van der Waals surface area contributed by atoms with Gasteiger partial charge in [-0.15, -0.1) is 0 Å². The van der Waals surface area contributed by atoms with Crippen molar-refractivity contribution in [1.29, 1.82) is 0 Å². The van der Waals surface area contributed by atoms with E-state index in [0.717, 1.165) is 35.6 Å². The van der Waals surface area contributed by atoms with E-state index in [1.165, 1.54) is 17.5 Å². The third kappa shape index (κ3) is 3.91. The van der Waals surface area contributed by atoms with Crippen LogP contribution in [0, 0.1) is 19.8 Å². The molecule has 1 aromatic heterocycles. The van der Waals surface area contributed by atoms with Gasteiger partial charge >= 0.3 is 0 Å². The Balaban J connectivity index is 1.86. The van der Waals surface area contributed by atoms with E-state index in [2.05, 4.69) is 73.4 Å². The van der Waals surface area contributed by atoms with E-state index in [1.807, 2.05) is 13.0 Å². The van der Waals surface area contributed by atoms with E-state index in [1.54, 1.807) is 6.20 Å². The number of hydrogen-bond donors (Lipinski definition) is 2. The van der Waals surface area contributed by atoms with E-state index < -0.39 is 0 Å². The maximum Gasteiger partial charge on any atom is 0.126 e. The molecular formula is C24H32N4. The van der Waals surface area contributed by atoms with Crippen LogP contribution < -0.4 is 11.1 Å². The number of nitrogen functional groups attached to an aromatic ring is 1. The van der Waals surface area contributed by atoms with Crippen LogP contribution in [0.2, 0.25) is 0 Å². The summed E-state index contributed by atoms with van der Waals surface area (Å²) in [5.74, 6) is 1.16. The normalized spacial score (nSPS) is 22.0. The summed E-state index contributed by atoms with van der Waals surface area (Å²) in [7, 11) is 0. The number of hydrogen-bond acceptors (Lipinski definition) is 4. The highest BCUT2D eigenvalue weighted by atomic mass is 15.2. The fourth-order valence-corrected chi connectivity index (χ4v) is 3.95. The highest BCUT2D eigenvalue weighted by molar-refractivity contribution is 5.56. The molecule has 0 aliphatic carbocycles. The second-order valence-corrected chi connectivity index (χ2v) is 8.37. The minimum atomic E-state index is -0.100. The highest BCUT2D eigenvalue weighted by Gasteiger charge is 2.39. The molecule has 0 spiro atoms. The number of anilines is 2. The summed E-state index contributed by atoms with van der Waals surface area (Å²) in [5, 5.41) is 3.37. The lowest BCUT2D eigenvalue weighted by Gasteiger charge is -2.50. The fraction of sp³-hybridized carbons (Fsp3) is 0.375. The van der Waals surface area contributed by atoms with Crippen molar-refractivity contribution in [3.05, 3.63) is 77.8 Å². The van der Waals surface area contributed by atoms with Crippen molar-refractivity contribution in [2.24, 2.45) is 5.92 Å². The van der Waals surface area contributed by atoms with Gasteiger partial charge in [-0.05, 0) is 56.7 Å². The third-order valence-electron chi connectivity index (χ3n) is 5.98. The van der Waals surface area contributed by atoms with Gasteiger partial charge in [-0.25, -0.2) is 4.98 Å². The van der Waals surface area contributed by atoms with Crippen LogP contribution in [0.5, 0.6) is 0 Å². The molecule has 3 N–H and O–H groups in total. The molecule has 1 fully saturated rings. The molecule has 4 heteroatoms. The third-order valence-corrected chi connectivity index (χ3v) is 5.98. The van der Waals surface area contributed by atoms with Crippen LogP contribution in [-0.4, -0.2) is 16.4 Å². The monoisotopic (exact) mass is 376 g/mol. The molecule has 4 nitrogen and oxygen atoms in total. The molecule has 2 heterocycles. The fourth-order valence-electron chi connectivity index (χ4n) is 3.95. The number of pyridine rings is 1. The number of nitrogens with two attached hydrogens (primary N) is 1. The summed E-state index contributed by atoms with van der Waals surface area (Å²) in [6.45, 7) is 18.3. The summed E-state index contributed by atoms with van der Waals surface area (Å²) in [6, 6.07) is 10.9. The number of piperidine rings is 1. The lowest BCUT2D eigenvalue weighted by Crippen LogP contribution is -2.49. The molecule has 2 unspecified atom stereocenters. The van der Waals surface area contributed by atoms with Gasteiger partial charge in [0.2, 0.25) is 0 Å². The Hall–Kier alpha value is -2.75. The van der Waals surface area contributed by atoms with Gasteiger partial charge in [0.1, 0.15) is 5.82 Å². The Morgan fingerprint density at radius 3 is 2.57 bits per heavy atom. The standard InChI is InChI=1S/C24H32N4/c1-16-7-9-21(10-8-16)24(6)12-11-17(2)15-28(24)20(5)19(4)27-22-13-18(3)23(25)26-14-22/h7-10,13-14,17,27H,4-5,11-12,15H2,1-3,6H3,(H2,25,26). The molecule has 0 saturated carbocycles. The zero-order valence-corrected chi connectivity index (χ0v) is 17.5. The Kier molecular flexibility index (Phi) is 5.50. The second-order valence-electron chi connectivity index (χ2n) is 8.37. The van der Waals surface area contributed by atoms with Crippen molar-refractivity contribution in [3.8, 4) is 0 Å². The van der Waals surface area contributed by atoms with E-state index in [4.69, 9.17) is 5.73 Å². The molecule has 0 radical (unpaired) electrons. The number of rotatable bonds is 5. The lowest BCUT2D eigenvalue weighted by atomic mass is 9.78. The molecule has 3 rings (SSSR count). The van der Waals surface area contributed by atoms with Crippen LogP contribution in [0.4, 0.5) is 11.5 Å². The average molecular weight is 377 g/mol. The van der Waals surface area contributed by atoms with Gasteiger partial charge in [0.15, 0.2) is 0 Å². The van der Waals surface area contributed by atoms with Crippen LogP contribution >= 0.6 is 0 Å². The number of aryl methyl sites for hydroxylation is 2. The van der Waals surface area contributed by atoms with Gasteiger partial charge in [0.25, 0.3) is 0 Å². The van der Waals surface area contributed by atoms with Gasteiger partial charge in [0, 0.05) is 6.54 Å². The van der Waals surface area contributed by atoms with Crippen molar-refractivity contribution in [2.45, 2.75) is 46.1 Å². The summed E-state index contributed by atoms with van der Waals surface area (Å²) >= 11 is 0. The maximum absolute atomic E-state index is 5.83. The number of likely N-dealkylation sites (tertiary alicyclic amines) is 1. The Bertz CT molecular complexity index is 884. The summed E-state index contributed by atoms with van der Waals surface area (Å²) in [6.07, 6.45) is 4.03. The van der Waals surface area contributed by atoms with Crippen LogP contribution in [0.25, 0.3) is 0 Å². The first-order chi connectivity index (χ1) is 13.2. The predicted molar refractivity (Wildman–Crippen MR) is 119 cm³/mol. The molecule has 148 valence electrons. The Morgan fingerprint density at radius 2 is 1.93 bits per heavy atom. The molecular weight excluding hydrogens is 344 g/mol. The molecule has 1 aromatic carbocycles. The zero-order chi connectivity index (χ0) is 20.5. The van der Waals surface area contributed by atoms with Gasteiger partial charge in [-0.1, -0.05) is 49.9 Å². The van der Waals surface area contributed by atoms with Crippen molar-refractivity contribution >= 4 is 11.5 Å². The molecule has 0 bridgehead atoms. The minimum absolute atomic E-state index is 0.100. The van der Waals surface area contributed by atoms with Crippen molar-refractivity contribution in [1.82, 2.24) is 9.88 Å². The van der Waals surface area contributed by atoms with Gasteiger partial charge in [0.05, 0.1) is 28.8 Å². The van der Waals surface area contributed by atoms with E-state index in [0.29, 0.717) is 11.7 Å². The zero-order valence-electron chi connectivity index (χ0n) is 17.5. The predicted octanol–water partition coefficient (Wildman–Crippen LogP) is 5.37. The minimum Gasteiger partial charge on any atom is -0.383 e. The lowest BCUT2D eigenvalue weighted by molar-refractivity contribution is 0.0709. The van der Waals surface area contributed by atoms with Crippen LogP contribution in [0.1, 0.15) is 43.4 Å². The van der Waals surface area contributed by atoms with Crippen molar-refractivity contribution < 1.29 is 0 Å². The molecule has 2 atom stereocenters. The van der Waals surface area contributed by atoms with Gasteiger partial charge < -0.3 is 16.0 Å². The smallest absolute Gasteiger partial charge is 0.126 e. The summed E-state index contributed by atoms with van der Waals surface area (Å²) < 4.78 is 0. The Labute approximate surface area is 169 Å². The Morgan fingerprint density at radius 1 is 1.25 bits per heavy atom. The van der Waals surface area contributed by atoms with Crippen molar-refractivity contribution in [3.63, 3.8) is 0 Å². The second kappa shape index (κ2) is 7.70.